The Kier molecular flexibility index (Phi) is 6.22. The molecule has 33 heavy (non-hydrogen) atoms. The number of hydrogen-bond acceptors (Lipinski definition) is 5. The molecule has 1 saturated heterocycles. The van der Waals surface area contributed by atoms with E-state index in [0.717, 1.165) is 22.3 Å². The van der Waals surface area contributed by atoms with E-state index < -0.39 is 35.7 Å². The third-order valence-corrected chi connectivity index (χ3v) is 5.88. The normalized spacial score (nSPS) is 18.8. The Morgan fingerprint density at radius 1 is 1.30 bits per heavy atom. The summed E-state index contributed by atoms with van der Waals surface area (Å²) in [6.07, 6.45) is 3.70. The molecular weight excluding hydrogens is 436 g/mol. The van der Waals surface area contributed by atoms with E-state index in [4.69, 9.17) is 0 Å². The number of nitrogens with one attached hydrogen (secondary N) is 1. The molecule has 1 aliphatic heterocycles. The molecule has 11 heteroatoms. The molecule has 1 aliphatic carbocycles. The highest BCUT2D eigenvalue weighted by Gasteiger charge is 2.34. The van der Waals surface area contributed by atoms with Crippen LogP contribution in [0.3, 0.4) is 0 Å². The van der Waals surface area contributed by atoms with Gasteiger partial charge in [-0.3, -0.25) is 19.0 Å². The van der Waals surface area contributed by atoms with Gasteiger partial charge in [-0.25, -0.2) is 8.78 Å². The fourth-order valence-electron chi connectivity index (χ4n) is 4.13. The third-order valence-electron chi connectivity index (χ3n) is 5.88. The van der Waals surface area contributed by atoms with Crippen LogP contribution >= 0.6 is 0 Å². The number of aromatic nitrogens is 3. The summed E-state index contributed by atoms with van der Waals surface area (Å²) in [6, 6.07) is -1.11. The minimum Gasteiger partial charge on any atom is -0.494 e. The lowest BCUT2D eigenvalue weighted by Crippen LogP contribution is -2.38. The van der Waals surface area contributed by atoms with E-state index in [9.17, 15) is 28.3 Å². The number of rotatable bonds is 7. The Balaban J connectivity index is 1.74. The maximum atomic E-state index is 13.2. The highest BCUT2D eigenvalue weighted by Crippen LogP contribution is 2.26. The van der Waals surface area contributed by atoms with Gasteiger partial charge in [0.15, 0.2) is 5.56 Å². The van der Waals surface area contributed by atoms with Crippen molar-refractivity contribution >= 4 is 23.5 Å². The average Bonchev–Trinajstić information content (AvgIpc) is 3.25. The summed E-state index contributed by atoms with van der Waals surface area (Å²) in [5.74, 6) is -1.64. The van der Waals surface area contributed by atoms with Crippen LogP contribution in [-0.4, -0.2) is 61.1 Å². The Morgan fingerprint density at radius 3 is 2.67 bits per heavy atom. The van der Waals surface area contributed by atoms with Gasteiger partial charge in [0.1, 0.15) is 5.65 Å². The first-order valence-corrected chi connectivity index (χ1v) is 11.1. The van der Waals surface area contributed by atoms with E-state index in [1.807, 2.05) is 13.8 Å². The molecule has 2 aromatic rings. The predicted molar refractivity (Wildman–Crippen MR) is 116 cm³/mol. The van der Waals surface area contributed by atoms with E-state index >= 15 is 0 Å². The number of alkyl halides is 2. The molecule has 4 rings (SSSR count). The van der Waals surface area contributed by atoms with Crippen molar-refractivity contribution < 1.29 is 23.5 Å². The van der Waals surface area contributed by atoms with Crippen LogP contribution in [0.15, 0.2) is 17.1 Å². The van der Waals surface area contributed by atoms with Crippen molar-refractivity contribution in [3.05, 3.63) is 33.8 Å². The summed E-state index contributed by atoms with van der Waals surface area (Å²) in [7, 11) is 0. The van der Waals surface area contributed by atoms with Crippen LogP contribution in [0.1, 0.15) is 55.5 Å². The van der Waals surface area contributed by atoms with E-state index in [2.05, 4.69) is 10.4 Å². The lowest BCUT2D eigenvalue weighted by molar-refractivity contribution is -0.129. The van der Waals surface area contributed by atoms with Gasteiger partial charge >= 0.3 is 0 Å². The fraction of sp³-hybridized carbons (Fsp3) is 0.545. The Bertz CT molecular complexity index is 1170. The summed E-state index contributed by atoms with van der Waals surface area (Å²) >= 11 is 0. The van der Waals surface area contributed by atoms with Gasteiger partial charge in [-0.2, -0.15) is 9.61 Å². The summed E-state index contributed by atoms with van der Waals surface area (Å²) in [6.45, 7) is 4.35. The van der Waals surface area contributed by atoms with Crippen molar-refractivity contribution in [1.29, 1.82) is 0 Å². The Labute approximate surface area is 188 Å². The first-order valence-electron chi connectivity index (χ1n) is 11.1. The molecule has 1 unspecified atom stereocenters. The number of likely N-dealkylation sites (tertiary alicyclic amines) is 1. The monoisotopic (exact) mass is 463 g/mol. The zero-order chi connectivity index (χ0) is 23.9. The van der Waals surface area contributed by atoms with E-state index in [1.54, 1.807) is 0 Å². The van der Waals surface area contributed by atoms with Gasteiger partial charge in [-0.1, -0.05) is 13.8 Å². The molecule has 2 fully saturated rings. The fourth-order valence-corrected chi connectivity index (χ4v) is 4.13. The Morgan fingerprint density at radius 2 is 2.03 bits per heavy atom. The summed E-state index contributed by atoms with van der Waals surface area (Å²) in [5.41, 5.74) is -0.603. The third kappa shape index (κ3) is 4.49. The highest BCUT2D eigenvalue weighted by molar-refractivity contribution is 5.97. The van der Waals surface area contributed by atoms with E-state index in [0.29, 0.717) is 12.0 Å². The van der Waals surface area contributed by atoms with Crippen LogP contribution < -0.4 is 10.9 Å². The SMILES string of the molecule is CC(C)Cn1c(O)c(C(=O)NC2CC2)c(=O)n2ncc(C=CC(=O)N3CCCC3C(F)F)c12. The van der Waals surface area contributed by atoms with Crippen molar-refractivity contribution in [3.63, 3.8) is 0 Å². The van der Waals surface area contributed by atoms with Crippen molar-refractivity contribution in [1.82, 2.24) is 24.4 Å². The first-order chi connectivity index (χ1) is 15.7. The van der Waals surface area contributed by atoms with Crippen molar-refractivity contribution in [3.8, 4) is 5.88 Å². The number of aromatic hydroxyl groups is 1. The second-order valence-electron chi connectivity index (χ2n) is 9.00. The lowest BCUT2D eigenvalue weighted by atomic mass is 10.2. The summed E-state index contributed by atoms with van der Waals surface area (Å²) < 4.78 is 28.8. The summed E-state index contributed by atoms with van der Waals surface area (Å²) in [4.78, 5) is 39.3. The van der Waals surface area contributed by atoms with Gasteiger partial charge in [0.2, 0.25) is 11.8 Å². The predicted octanol–water partition coefficient (Wildman–Crippen LogP) is 2.02. The maximum absolute atomic E-state index is 13.2. The van der Waals surface area contributed by atoms with Crippen molar-refractivity contribution in [2.75, 3.05) is 6.54 Å². The number of carbonyl (C=O) groups excluding carboxylic acids is 2. The molecule has 2 aliphatic rings. The molecule has 0 spiro atoms. The number of nitrogens with zero attached hydrogens (tertiary/aromatic N) is 4. The maximum Gasteiger partial charge on any atom is 0.291 e. The number of amides is 2. The van der Waals surface area contributed by atoms with Crippen LogP contribution in [0.2, 0.25) is 0 Å². The first kappa shape index (κ1) is 22.9. The van der Waals surface area contributed by atoms with Gasteiger partial charge in [-0.05, 0) is 37.7 Å². The molecule has 9 nitrogen and oxygen atoms in total. The minimum atomic E-state index is -2.62. The largest absolute Gasteiger partial charge is 0.494 e. The minimum absolute atomic E-state index is 0.00433. The van der Waals surface area contributed by atoms with Crippen LogP contribution in [0.5, 0.6) is 5.88 Å². The molecular formula is C22H27F2N5O4. The second kappa shape index (κ2) is 8.95. The smallest absolute Gasteiger partial charge is 0.291 e. The zero-order valence-electron chi connectivity index (χ0n) is 18.5. The number of hydrogen-bond donors (Lipinski definition) is 2. The Hall–Kier alpha value is -3.24. The molecule has 0 aromatic carbocycles. The molecule has 2 N–H and O–H groups in total. The van der Waals surface area contributed by atoms with Crippen molar-refractivity contribution in [2.24, 2.45) is 5.92 Å². The molecule has 3 heterocycles. The lowest BCUT2D eigenvalue weighted by Gasteiger charge is -2.22. The number of fused-ring (bicyclic) bond motifs is 1. The quantitative estimate of drug-likeness (QED) is 0.611. The average molecular weight is 463 g/mol. The molecule has 178 valence electrons. The van der Waals surface area contributed by atoms with Crippen LogP contribution in [-0.2, 0) is 11.3 Å². The molecule has 1 saturated carbocycles. The number of halogens is 2. The standard InChI is InChI=1S/C22H27F2N5O4/c1-12(2)11-28-20-13(5-8-16(30)27-9-3-4-15(27)18(23)24)10-25-29(20)22(33)17(21(28)32)19(31)26-14-6-7-14/h5,8,10,12,14-15,18,32H,3-4,6-7,9,11H2,1-2H3,(H,26,31). The van der Waals surface area contributed by atoms with E-state index in [1.165, 1.54) is 22.9 Å². The van der Waals surface area contributed by atoms with Crippen LogP contribution in [0.25, 0.3) is 11.7 Å². The van der Waals surface area contributed by atoms with Gasteiger partial charge < -0.3 is 15.3 Å². The van der Waals surface area contributed by atoms with Gasteiger partial charge in [0.25, 0.3) is 17.9 Å². The molecule has 0 radical (unpaired) electrons. The van der Waals surface area contributed by atoms with Crippen LogP contribution in [0, 0.1) is 5.92 Å². The summed E-state index contributed by atoms with van der Waals surface area (Å²) in [5, 5.41) is 17.7. The van der Waals surface area contributed by atoms with Gasteiger partial charge in [0, 0.05) is 30.8 Å². The molecule has 0 bridgehead atoms. The van der Waals surface area contributed by atoms with Gasteiger partial charge in [-0.15, -0.1) is 0 Å². The second-order valence-corrected chi connectivity index (χ2v) is 9.00. The molecule has 2 aromatic heterocycles. The van der Waals surface area contributed by atoms with Crippen LogP contribution in [0.4, 0.5) is 8.78 Å². The highest BCUT2D eigenvalue weighted by atomic mass is 19.3. The molecule has 2 amide bonds. The van der Waals surface area contributed by atoms with Crippen molar-refractivity contribution in [2.45, 2.75) is 64.6 Å². The van der Waals surface area contributed by atoms with Gasteiger partial charge in [0.05, 0.1) is 12.2 Å². The number of carbonyl (C=O) groups is 2. The van der Waals surface area contributed by atoms with E-state index in [-0.39, 0.29) is 42.7 Å². The zero-order valence-corrected chi connectivity index (χ0v) is 18.5. The topological polar surface area (TPSA) is 109 Å². The molecule has 1 atom stereocenters.